The number of rotatable bonds is 7. The molecule has 1 aliphatic rings. The highest BCUT2D eigenvalue weighted by molar-refractivity contribution is 6.42. The second kappa shape index (κ2) is 8.32. The summed E-state index contributed by atoms with van der Waals surface area (Å²) in [5.41, 5.74) is 1.14. The van der Waals surface area contributed by atoms with Crippen molar-refractivity contribution in [2.45, 2.75) is 45.7 Å². The predicted molar refractivity (Wildman–Crippen MR) is 97.6 cm³/mol. The Bertz CT molecular complexity index is 619. The Morgan fingerprint density at radius 3 is 2.50 bits per heavy atom. The van der Waals surface area contributed by atoms with Gasteiger partial charge in [-0.25, -0.2) is 0 Å². The van der Waals surface area contributed by atoms with Crippen LogP contribution in [0.3, 0.4) is 0 Å². The van der Waals surface area contributed by atoms with Crippen LogP contribution in [0.15, 0.2) is 18.2 Å². The zero-order chi connectivity index (χ0) is 17.9. The van der Waals surface area contributed by atoms with Crippen LogP contribution < -0.4 is 5.32 Å². The number of likely N-dealkylation sites (tertiary alicyclic amines) is 1. The van der Waals surface area contributed by atoms with Crippen LogP contribution >= 0.6 is 23.2 Å². The maximum atomic E-state index is 12.0. The first-order chi connectivity index (χ1) is 11.3. The molecule has 2 atom stereocenters. The van der Waals surface area contributed by atoms with Gasteiger partial charge >= 0.3 is 0 Å². The summed E-state index contributed by atoms with van der Waals surface area (Å²) in [7, 11) is 0. The average molecular weight is 371 g/mol. The first-order valence-corrected chi connectivity index (χ1v) is 9.07. The minimum Gasteiger partial charge on any atom is -0.333 e. The zero-order valence-corrected chi connectivity index (χ0v) is 15.8. The minimum absolute atomic E-state index is 0.0681. The SMILES string of the molecule is CC(CCc1ccc(Cl)c(Cl)c1)NCC1CN(C(C)C)C(=O)C1=O. The predicted octanol–water partition coefficient (Wildman–Crippen LogP) is 3.34. The highest BCUT2D eigenvalue weighted by atomic mass is 35.5. The van der Waals surface area contributed by atoms with Crippen molar-refractivity contribution in [2.75, 3.05) is 13.1 Å². The lowest BCUT2D eigenvalue weighted by Crippen LogP contribution is -2.35. The monoisotopic (exact) mass is 370 g/mol. The highest BCUT2D eigenvalue weighted by Crippen LogP contribution is 2.23. The Labute approximate surface area is 153 Å². The molecule has 0 bridgehead atoms. The van der Waals surface area contributed by atoms with Crippen molar-refractivity contribution in [1.82, 2.24) is 10.2 Å². The van der Waals surface area contributed by atoms with Gasteiger partial charge in [0.2, 0.25) is 5.78 Å². The Morgan fingerprint density at radius 2 is 1.92 bits per heavy atom. The summed E-state index contributed by atoms with van der Waals surface area (Å²) in [6, 6.07) is 5.98. The van der Waals surface area contributed by atoms with E-state index in [0.29, 0.717) is 23.1 Å². The third kappa shape index (κ3) is 4.71. The van der Waals surface area contributed by atoms with Gasteiger partial charge in [-0.15, -0.1) is 0 Å². The van der Waals surface area contributed by atoms with E-state index < -0.39 is 0 Å². The van der Waals surface area contributed by atoms with E-state index in [0.717, 1.165) is 18.4 Å². The molecule has 6 heteroatoms. The summed E-state index contributed by atoms with van der Waals surface area (Å²) in [5, 5.41) is 4.50. The molecule has 132 valence electrons. The Kier molecular flexibility index (Phi) is 6.67. The van der Waals surface area contributed by atoms with Crippen molar-refractivity contribution in [3.63, 3.8) is 0 Å². The van der Waals surface area contributed by atoms with E-state index in [9.17, 15) is 9.59 Å². The standard InChI is InChI=1S/C18H24Cl2N2O2/c1-11(2)22-10-14(17(23)18(22)24)9-21-12(3)4-5-13-6-7-15(19)16(20)8-13/h6-8,11-12,14,21H,4-5,9-10H2,1-3H3. The second-order valence-corrected chi connectivity index (χ2v) is 7.52. The highest BCUT2D eigenvalue weighted by Gasteiger charge is 2.39. The number of hydrogen-bond donors (Lipinski definition) is 1. The van der Waals surface area contributed by atoms with Crippen LogP contribution in [0.5, 0.6) is 0 Å². The van der Waals surface area contributed by atoms with Crippen molar-refractivity contribution >= 4 is 34.9 Å². The molecule has 0 radical (unpaired) electrons. The number of carbonyl (C=O) groups is 2. The number of halogens is 2. The molecule has 1 saturated heterocycles. The number of carbonyl (C=O) groups excluding carboxylic acids is 2. The number of benzene rings is 1. The number of amides is 1. The van der Waals surface area contributed by atoms with Crippen molar-refractivity contribution in [3.8, 4) is 0 Å². The van der Waals surface area contributed by atoms with E-state index >= 15 is 0 Å². The smallest absolute Gasteiger partial charge is 0.290 e. The van der Waals surface area contributed by atoms with E-state index in [1.165, 1.54) is 0 Å². The van der Waals surface area contributed by atoms with E-state index in [1.807, 2.05) is 26.0 Å². The van der Waals surface area contributed by atoms with Gasteiger partial charge in [0.1, 0.15) is 0 Å². The lowest BCUT2D eigenvalue weighted by Gasteiger charge is -2.20. The number of Topliss-reactive ketones (excluding diaryl/α,β-unsaturated/α-hetero) is 1. The molecule has 2 unspecified atom stereocenters. The fourth-order valence-electron chi connectivity index (χ4n) is 2.85. The van der Waals surface area contributed by atoms with Gasteiger partial charge < -0.3 is 10.2 Å². The molecule has 1 aromatic carbocycles. The van der Waals surface area contributed by atoms with Crippen LogP contribution in [-0.4, -0.2) is 41.8 Å². The Hall–Kier alpha value is -1.10. The maximum Gasteiger partial charge on any atom is 0.290 e. The number of ketones is 1. The van der Waals surface area contributed by atoms with Crippen molar-refractivity contribution < 1.29 is 9.59 Å². The summed E-state index contributed by atoms with van der Waals surface area (Å²) in [4.78, 5) is 25.6. The molecular formula is C18H24Cl2N2O2. The molecule has 1 heterocycles. The Morgan fingerprint density at radius 1 is 1.21 bits per heavy atom. The van der Waals surface area contributed by atoms with E-state index in [2.05, 4.69) is 12.2 Å². The Balaban J connectivity index is 1.79. The lowest BCUT2D eigenvalue weighted by molar-refractivity contribution is -0.141. The molecule has 1 aliphatic heterocycles. The summed E-state index contributed by atoms with van der Waals surface area (Å²) < 4.78 is 0. The van der Waals surface area contributed by atoms with Crippen molar-refractivity contribution in [2.24, 2.45) is 5.92 Å². The van der Waals surface area contributed by atoms with Crippen molar-refractivity contribution in [3.05, 3.63) is 33.8 Å². The summed E-state index contributed by atoms with van der Waals surface area (Å²) in [5.74, 6) is -0.861. The molecule has 2 rings (SSSR count). The van der Waals surface area contributed by atoms with E-state index in [-0.39, 0.29) is 29.7 Å². The fraction of sp³-hybridized carbons (Fsp3) is 0.556. The molecule has 0 aliphatic carbocycles. The molecule has 24 heavy (non-hydrogen) atoms. The summed E-state index contributed by atoms with van der Waals surface area (Å²) in [6.45, 7) is 7.00. The van der Waals surface area contributed by atoms with Gasteiger partial charge in [-0.2, -0.15) is 0 Å². The minimum atomic E-state index is -0.347. The maximum absolute atomic E-state index is 12.0. The first-order valence-electron chi connectivity index (χ1n) is 8.31. The molecule has 0 saturated carbocycles. The second-order valence-electron chi connectivity index (χ2n) is 6.71. The van der Waals surface area contributed by atoms with Gasteiger partial charge in [-0.05, 0) is 51.3 Å². The summed E-state index contributed by atoms with van der Waals surface area (Å²) >= 11 is 11.9. The van der Waals surface area contributed by atoms with Gasteiger partial charge in [0.15, 0.2) is 0 Å². The molecule has 1 N–H and O–H groups in total. The molecule has 0 spiro atoms. The molecular weight excluding hydrogens is 347 g/mol. The normalized spacial score (nSPS) is 19.4. The van der Waals surface area contributed by atoms with Gasteiger partial charge in [-0.1, -0.05) is 29.3 Å². The van der Waals surface area contributed by atoms with Crippen LogP contribution in [0.2, 0.25) is 10.0 Å². The number of hydrogen-bond acceptors (Lipinski definition) is 3. The number of aryl methyl sites for hydroxylation is 1. The van der Waals surface area contributed by atoms with E-state index in [1.54, 1.807) is 11.0 Å². The van der Waals surface area contributed by atoms with Gasteiger partial charge in [-0.3, -0.25) is 9.59 Å². The van der Waals surface area contributed by atoms with Gasteiger partial charge in [0.25, 0.3) is 5.91 Å². The summed E-state index contributed by atoms with van der Waals surface area (Å²) in [6.07, 6.45) is 1.79. The number of nitrogens with zero attached hydrogens (tertiary/aromatic N) is 1. The average Bonchev–Trinajstić information content (AvgIpc) is 2.82. The fourth-order valence-corrected chi connectivity index (χ4v) is 3.17. The third-order valence-corrected chi connectivity index (χ3v) is 5.18. The topological polar surface area (TPSA) is 49.4 Å². The van der Waals surface area contributed by atoms with Crippen LogP contribution in [-0.2, 0) is 16.0 Å². The van der Waals surface area contributed by atoms with E-state index in [4.69, 9.17) is 23.2 Å². The molecule has 1 aromatic rings. The molecule has 1 amide bonds. The molecule has 1 fully saturated rings. The molecule has 0 aromatic heterocycles. The first kappa shape index (κ1) is 19.2. The third-order valence-electron chi connectivity index (χ3n) is 4.45. The van der Waals surface area contributed by atoms with Crippen molar-refractivity contribution in [1.29, 1.82) is 0 Å². The van der Waals surface area contributed by atoms with Crippen LogP contribution in [0, 0.1) is 5.92 Å². The number of nitrogens with one attached hydrogen (secondary N) is 1. The van der Waals surface area contributed by atoms with Crippen LogP contribution in [0.4, 0.5) is 0 Å². The zero-order valence-electron chi connectivity index (χ0n) is 14.3. The molecule has 4 nitrogen and oxygen atoms in total. The quantitative estimate of drug-likeness (QED) is 0.748. The lowest BCUT2D eigenvalue weighted by atomic mass is 10.0. The largest absolute Gasteiger partial charge is 0.333 e. The van der Waals surface area contributed by atoms with Gasteiger partial charge in [0, 0.05) is 25.2 Å². The van der Waals surface area contributed by atoms with Gasteiger partial charge in [0.05, 0.1) is 16.0 Å². The van der Waals surface area contributed by atoms with Crippen LogP contribution in [0.25, 0.3) is 0 Å². The van der Waals surface area contributed by atoms with Crippen LogP contribution in [0.1, 0.15) is 32.8 Å².